The molecule has 2 N–H and O–H groups in total. The van der Waals surface area contributed by atoms with Crippen LogP contribution in [-0.2, 0) is 4.74 Å². The van der Waals surface area contributed by atoms with Crippen LogP contribution in [0.5, 0.6) is 0 Å². The Morgan fingerprint density at radius 2 is 1.87 bits per heavy atom. The zero-order chi connectivity index (χ0) is 11.1. The average Bonchev–Trinajstić information content (AvgIpc) is 2.25. The van der Waals surface area contributed by atoms with Crippen LogP contribution in [0.15, 0.2) is 0 Å². The molecule has 0 radical (unpaired) electrons. The molecule has 1 aliphatic carbocycles. The van der Waals surface area contributed by atoms with Crippen molar-refractivity contribution in [1.29, 1.82) is 0 Å². The van der Waals surface area contributed by atoms with Gasteiger partial charge >= 0.3 is 0 Å². The van der Waals surface area contributed by atoms with Gasteiger partial charge in [-0.2, -0.15) is 0 Å². The Balaban J connectivity index is 2.08. The quantitative estimate of drug-likeness (QED) is 0.688. The lowest BCUT2D eigenvalue weighted by Gasteiger charge is -2.30. The molecule has 1 fully saturated rings. The molecular weight excluding hydrogens is 186 g/mol. The van der Waals surface area contributed by atoms with Crippen LogP contribution in [0, 0.1) is 11.8 Å². The summed E-state index contributed by atoms with van der Waals surface area (Å²) in [6, 6.07) is 0.370. The molecule has 2 nitrogen and oxygen atoms in total. The van der Waals surface area contributed by atoms with E-state index in [4.69, 9.17) is 10.5 Å². The first-order valence-corrected chi connectivity index (χ1v) is 6.57. The van der Waals surface area contributed by atoms with E-state index in [0.29, 0.717) is 6.04 Å². The highest BCUT2D eigenvalue weighted by Crippen LogP contribution is 2.30. The highest BCUT2D eigenvalue weighted by atomic mass is 16.5. The van der Waals surface area contributed by atoms with Crippen molar-refractivity contribution in [2.75, 3.05) is 13.2 Å². The summed E-state index contributed by atoms with van der Waals surface area (Å²) in [4.78, 5) is 0. The van der Waals surface area contributed by atoms with Gasteiger partial charge in [0.15, 0.2) is 0 Å². The van der Waals surface area contributed by atoms with Crippen LogP contribution in [0.3, 0.4) is 0 Å². The van der Waals surface area contributed by atoms with Gasteiger partial charge in [0.05, 0.1) is 0 Å². The van der Waals surface area contributed by atoms with Crippen molar-refractivity contribution in [3.05, 3.63) is 0 Å². The van der Waals surface area contributed by atoms with Crippen LogP contribution in [0.1, 0.15) is 52.4 Å². The highest BCUT2D eigenvalue weighted by Gasteiger charge is 2.23. The molecule has 0 spiro atoms. The normalized spacial score (nSPS) is 29.0. The number of hydrogen-bond acceptors (Lipinski definition) is 2. The molecule has 1 unspecified atom stereocenters. The van der Waals surface area contributed by atoms with E-state index in [1.54, 1.807) is 0 Å². The number of rotatable bonds is 6. The SMILES string of the molecule is CCCOCCC(N)C1CCC(C)CC1. The molecule has 1 rings (SSSR count). The Labute approximate surface area is 94.6 Å². The molecule has 0 aromatic carbocycles. The van der Waals surface area contributed by atoms with Crippen molar-refractivity contribution in [1.82, 2.24) is 0 Å². The summed E-state index contributed by atoms with van der Waals surface area (Å²) >= 11 is 0. The average molecular weight is 213 g/mol. The van der Waals surface area contributed by atoms with E-state index in [1.807, 2.05) is 0 Å². The molecule has 0 bridgehead atoms. The van der Waals surface area contributed by atoms with Crippen molar-refractivity contribution >= 4 is 0 Å². The first-order valence-electron chi connectivity index (χ1n) is 6.57. The number of ether oxygens (including phenoxy) is 1. The van der Waals surface area contributed by atoms with E-state index in [-0.39, 0.29) is 0 Å². The van der Waals surface area contributed by atoms with Crippen LogP contribution in [0.25, 0.3) is 0 Å². The van der Waals surface area contributed by atoms with Gasteiger partial charge in [0.2, 0.25) is 0 Å². The zero-order valence-corrected chi connectivity index (χ0v) is 10.4. The maximum Gasteiger partial charge on any atom is 0.0480 e. The molecule has 15 heavy (non-hydrogen) atoms. The summed E-state index contributed by atoms with van der Waals surface area (Å²) in [7, 11) is 0. The van der Waals surface area contributed by atoms with E-state index in [1.165, 1.54) is 25.7 Å². The summed E-state index contributed by atoms with van der Waals surface area (Å²) < 4.78 is 5.49. The monoisotopic (exact) mass is 213 g/mol. The Kier molecular flexibility index (Phi) is 6.26. The minimum Gasteiger partial charge on any atom is -0.381 e. The van der Waals surface area contributed by atoms with Crippen molar-refractivity contribution in [2.24, 2.45) is 17.6 Å². The predicted molar refractivity (Wildman–Crippen MR) is 64.8 cm³/mol. The largest absolute Gasteiger partial charge is 0.381 e. The first-order chi connectivity index (χ1) is 7.24. The van der Waals surface area contributed by atoms with Gasteiger partial charge in [-0.25, -0.2) is 0 Å². The van der Waals surface area contributed by atoms with E-state index in [9.17, 15) is 0 Å². The molecule has 0 aromatic heterocycles. The van der Waals surface area contributed by atoms with E-state index >= 15 is 0 Å². The maximum absolute atomic E-state index is 6.20. The summed E-state index contributed by atoms with van der Waals surface area (Å²) in [6.45, 7) is 6.23. The van der Waals surface area contributed by atoms with Gasteiger partial charge in [-0.1, -0.05) is 26.7 Å². The van der Waals surface area contributed by atoms with E-state index in [2.05, 4.69) is 13.8 Å². The summed E-state index contributed by atoms with van der Waals surface area (Å²) in [6.07, 6.45) is 7.55. The van der Waals surface area contributed by atoms with Gasteiger partial charge in [0.25, 0.3) is 0 Å². The maximum atomic E-state index is 6.20. The lowest BCUT2D eigenvalue weighted by molar-refractivity contribution is 0.117. The molecule has 0 aromatic rings. The number of hydrogen-bond donors (Lipinski definition) is 1. The van der Waals surface area contributed by atoms with Gasteiger partial charge in [0, 0.05) is 19.3 Å². The fourth-order valence-electron chi connectivity index (χ4n) is 2.42. The second-order valence-electron chi connectivity index (χ2n) is 5.08. The fourth-order valence-corrected chi connectivity index (χ4v) is 2.42. The lowest BCUT2D eigenvalue weighted by Crippen LogP contribution is -2.33. The van der Waals surface area contributed by atoms with Crippen molar-refractivity contribution < 1.29 is 4.74 Å². The van der Waals surface area contributed by atoms with Gasteiger partial charge in [-0.15, -0.1) is 0 Å². The predicted octanol–water partition coefficient (Wildman–Crippen LogP) is 2.96. The first kappa shape index (κ1) is 13.0. The molecule has 90 valence electrons. The van der Waals surface area contributed by atoms with Crippen molar-refractivity contribution in [3.8, 4) is 0 Å². The van der Waals surface area contributed by atoms with Crippen molar-refractivity contribution in [3.63, 3.8) is 0 Å². The van der Waals surface area contributed by atoms with Gasteiger partial charge in [0.1, 0.15) is 0 Å². The minimum atomic E-state index is 0.370. The molecular formula is C13H27NO. The Morgan fingerprint density at radius 3 is 2.47 bits per heavy atom. The molecule has 1 aliphatic rings. The van der Waals surface area contributed by atoms with E-state index < -0.39 is 0 Å². The minimum absolute atomic E-state index is 0.370. The molecule has 0 saturated heterocycles. The second-order valence-corrected chi connectivity index (χ2v) is 5.08. The molecule has 1 atom stereocenters. The summed E-state index contributed by atoms with van der Waals surface area (Å²) in [5, 5.41) is 0. The van der Waals surface area contributed by atoms with Crippen LogP contribution < -0.4 is 5.73 Å². The second kappa shape index (κ2) is 7.24. The highest BCUT2D eigenvalue weighted by molar-refractivity contribution is 4.78. The van der Waals surface area contributed by atoms with E-state index in [0.717, 1.165) is 37.9 Å². The van der Waals surface area contributed by atoms with Gasteiger partial charge in [-0.05, 0) is 37.5 Å². The smallest absolute Gasteiger partial charge is 0.0480 e. The van der Waals surface area contributed by atoms with Crippen LogP contribution in [0.4, 0.5) is 0 Å². The van der Waals surface area contributed by atoms with Crippen LogP contribution in [-0.4, -0.2) is 19.3 Å². The molecule has 2 heteroatoms. The fraction of sp³-hybridized carbons (Fsp3) is 1.00. The summed E-state index contributed by atoms with van der Waals surface area (Å²) in [5.74, 6) is 1.68. The topological polar surface area (TPSA) is 35.2 Å². The van der Waals surface area contributed by atoms with Crippen LogP contribution >= 0.6 is 0 Å². The summed E-state index contributed by atoms with van der Waals surface area (Å²) in [5.41, 5.74) is 6.20. The standard InChI is InChI=1S/C13H27NO/c1-3-9-15-10-8-13(14)12-6-4-11(2)5-7-12/h11-13H,3-10,14H2,1-2H3. The van der Waals surface area contributed by atoms with Crippen molar-refractivity contribution in [2.45, 2.75) is 58.4 Å². The third-order valence-electron chi connectivity index (χ3n) is 3.61. The van der Waals surface area contributed by atoms with Crippen LogP contribution in [0.2, 0.25) is 0 Å². The number of nitrogens with two attached hydrogens (primary N) is 1. The molecule has 0 heterocycles. The third kappa shape index (κ3) is 4.98. The lowest BCUT2D eigenvalue weighted by atomic mass is 9.79. The zero-order valence-electron chi connectivity index (χ0n) is 10.4. The molecule has 0 aliphatic heterocycles. The Morgan fingerprint density at radius 1 is 1.20 bits per heavy atom. The molecule has 1 saturated carbocycles. The third-order valence-corrected chi connectivity index (χ3v) is 3.61. The Hall–Kier alpha value is -0.0800. The van der Waals surface area contributed by atoms with Gasteiger partial charge in [-0.3, -0.25) is 0 Å². The van der Waals surface area contributed by atoms with Gasteiger partial charge < -0.3 is 10.5 Å². The molecule has 0 amide bonds. The Bertz CT molecular complexity index is 153.